The second-order valence-electron chi connectivity index (χ2n) is 6.29. The first-order valence-electron chi connectivity index (χ1n) is 8.47. The van der Waals surface area contributed by atoms with E-state index in [1.165, 1.54) is 19.2 Å². The van der Waals surface area contributed by atoms with Gasteiger partial charge in [0.05, 0.1) is 25.5 Å². The number of carbonyl (C=O) groups excluding carboxylic acids is 1. The summed E-state index contributed by atoms with van der Waals surface area (Å²) in [4.78, 5) is 23.4. The number of hydrogen-bond acceptors (Lipinski definition) is 3. The number of hydrogen-bond donors (Lipinski definition) is 2. The summed E-state index contributed by atoms with van der Waals surface area (Å²) in [5.41, 5.74) is 0.148. The number of methoxy groups -OCH3 is 1. The summed E-state index contributed by atoms with van der Waals surface area (Å²) < 4.78 is 43.7. The summed E-state index contributed by atoms with van der Waals surface area (Å²) in [5.74, 6) is -0.999. The van der Waals surface area contributed by atoms with Gasteiger partial charge in [-0.1, -0.05) is 30.3 Å². The average Bonchev–Trinajstić information content (AvgIpc) is 2.60. The average molecular weight is 395 g/mol. The molecular formula is C20H20F3NO4. The van der Waals surface area contributed by atoms with Crippen molar-refractivity contribution in [3.8, 4) is 5.75 Å². The SMILES string of the molecule is COc1cccc(CC(=O)N[C@H](CC(=O)O)Cc2cccc(C(F)(F)F)c2)c1. The van der Waals surface area contributed by atoms with Gasteiger partial charge in [-0.05, 0) is 35.7 Å². The number of amides is 1. The molecule has 0 spiro atoms. The van der Waals surface area contributed by atoms with Crippen LogP contribution < -0.4 is 10.1 Å². The first-order chi connectivity index (χ1) is 13.2. The molecular weight excluding hydrogens is 375 g/mol. The van der Waals surface area contributed by atoms with Crippen LogP contribution in [0.15, 0.2) is 48.5 Å². The lowest BCUT2D eigenvalue weighted by Gasteiger charge is -2.18. The molecule has 0 saturated heterocycles. The second-order valence-corrected chi connectivity index (χ2v) is 6.29. The van der Waals surface area contributed by atoms with E-state index in [0.717, 1.165) is 12.1 Å². The third-order valence-electron chi connectivity index (χ3n) is 4.02. The maximum Gasteiger partial charge on any atom is 0.416 e. The molecule has 2 aromatic rings. The number of carboxylic acid groups (broad SMARTS) is 1. The molecule has 0 heterocycles. The van der Waals surface area contributed by atoms with E-state index in [1.807, 2.05) is 0 Å². The molecule has 28 heavy (non-hydrogen) atoms. The van der Waals surface area contributed by atoms with Gasteiger partial charge in [0, 0.05) is 6.04 Å². The normalized spacial score (nSPS) is 12.3. The van der Waals surface area contributed by atoms with Crippen LogP contribution in [-0.2, 0) is 28.6 Å². The molecule has 0 aliphatic carbocycles. The number of aliphatic carboxylic acids is 1. The van der Waals surface area contributed by atoms with Crippen molar-refractivity contribution in [2.45, 2.75) is 31.5 Å². The van der Waals surface area contributed by atoms with Crippen LogP contribution in [0.25, 0.3) is 0 Å². The second kappa shape index (κ2) is 9.25. The van der Waals surface area contributed by atoms with Crippen LogP contribution in [0, 0.1) is 0 Å². The number of nitrogens with one attached hydrogen (secondary N) is 1. The van der Waals surface area contributed by atoms with Crippen molar-refractivity contribution in [1.29, 1.82) is 0 Å². The molecule has 0 fully saturated rings. The highest BCUT2D eigenvalue weighted by atomic mass is 19.4. The molecule has 2 aromatic carbocycles. The van der Waals surface area contributed by atoms with E-state index in [1.54, 1.807) is 24.3 Å². The monoisotopic (exact) mass is 395 g/mol. The van der Waals surface area contributed by atoms with E-state index >= 15 is 0 Å². The van der Waals surface area contributed by atoms with Crippen LogP contribution in [0.5, 0.6) is 5.75 Å². The molecule has 0 saturated carbocycles. The molecule has 150 valence electrons. The van der Waals surface area contributed by atoms with Crippen molar-refractivity contribution in [2.75, 3.05) is 7.11 Å². The van der Waals surface area contributed by atoms with Crippen molar-refractivity contribution < 1.29 is 32.6 Å². The molecule has 0 unspecified atom stereocenters. The summed E-state index contributed by atoms with van der Waals surface area (Å²) in [7, 11) is 1.50. The van der Waals surface area contributed by atoms with Crippen molar-refractivity contribution in [2.24, 2.45) is 0 Å². The fourth-order valence-corrected chi connectivity index (χ4v) is 2.79. The molecule has 2 N–H and O–H groups in total. The molecule has 0 aromatic heterocycles. The zero-order valence-electron chi connectivity index (χ0n) is 15.1. The van der Waals surface area contributed by atoms with Crippen molar-refractivity contribution >= 4 is 11.9 Å². The molecule has 0 bridgehead atoms. The largest absolute Gasteiger partial charge is 0.497 e. The zero-order valence-corrected chi connectivity index (χ0v) is 15.1. The van der Waals surface area contributed by atoms with Crippen molar-refractivity contribution in [1.82, 2.24) is 5.32 Å². The van der Waals surface area contributed by atoms with Gasteiger partial charge in [-0.3, -0.25) is 9.59 Å². The number of carbonyl (C=O) groups is 2. The van der Waals surface area contributed by atoms with E-state index < -0.39 is 36.1 Å². The van der Waals surface area contributed by atoms with Gasteiger partial charge >= 0.3 is 12.1 Å². The number of rotatable bonds is 8. The van der Waals surface area contributed by atoms with Gasteiger partial charge in [-0.15, -0.1) is 0 Å². The van der Waals surface area contributed by atoms with E-state index in [9.17, 15) is 22.8 Å². The van der Waals surface area contributed by atoms with Gasteiger partial charge in [-0.25, -0.2) is 0 Å². The fourth-order valence-electron chi connectivity index (χ4n) is 2.79. The number of benzene rings is 2. The number of ether oxygens (including phenoxy) is 1. The van der Waals surface area contributed by atoms with Gasteiger partial charge in [0.15, 0.2) is 0 Å². The smallest absolute Gasteiger partial charge is 0.416 e. The van der Waals surface area contributed by atoms with Gasteiger partial charge in [0.1, 0.15) is 5.75 Å². The summed E-state index contributed by atoms with van der Waals surface area (Å²) >= 11 is 0. The van der Waals surface area contributed by atoms with Gasteiger partial charge in [-0.2, -0.15) is 13.2 Å². The Morgan fingerprint density at radius 1 is 1.11 bits per heavy atom. The Hall–Kier alpha value is -3.03. The third kappa shape index (κ3) is 6.61. The Kier molecular flexibility index (Phi) is 7.03. The summed E-state index contributed by atoms with van der Waals surface area (Å²) in [6.07, 6.45) is -4.93. The Bertz CT molecular complexity index is 836. The van der Waals surface area contributed by atoms with Crippen molar-refractivity contribution in [3.63, 3.8) is 0 Å². The Labute approximate surface area is 160 Å². The quantitative estimate of drug-likeness (QED) is 0.718. The first-order valence-corrected chi connectivity index (χ1v) is 8.47. The summed E-state index contributed by atoms with van der Waals surface area (Å²) in [5, 5.41) is 11.7. The zero-order chi connectivity index (χ0) is 20.7. The topological polar surface area (TPSA) is 75.6 Å². The van der Waals surface area contributed by atoms with E-state index in [0.29, 0.717) is 16.9 Å². The fraction of sp³-hybridized carbons (Fsp3) is 0.300. The van der Waals surface area contributed by atoms with Crippen LogP contribution in [0.2, 0.25) is 0 Å². The number of halogens is 3. The lowest BCUT2D eigenvalue weighted by molar-refractivity contribution is -0.139. The summed E-state index contributed by atoms with van der Waals surface area (Å²) in [6, 6.07) is 10.6. The maximum absolute atomic E-state index is 12.9. The molecule has 2 rings (SSSR count). The number of alkyl halides is 3. The Morgan fingerprint density at radius 3 is 2.43 bits per heavy atom. The van der Waals surface area contributed by atoms with Crippen LogP contribution in [-0.4, -0.2) is 30.1 Å². The Balaban J connectivity index is 2.08. The van der Waals surface area contributed by atoms with Crippen LogP contribution in [0.4, 0.5) is 13.2 Å². The van der Waals surface area contributed by atoms with Crippen LogP contribution in [0.1, 0.15) is 23.1 Å². The molecule has 0 radical (unpaired) electrons. The number of carboxylic acids is 1. The molecule has 0 aliphatic heterocycles. The predicted molar refractivity (Wildman–Crippen MR) is 96.0 cm³/mol. The maximum atomic E-state index is 12.9. The van der Waals surface area contributed by atoms with Gasteiger partial charge < -0.3 is 15.2 Å². The standard InChI is InChI=1S/C20H20F3NO4/c1-28-17-7-3-5-14(10-17)11-18(25)24-16(12-19(26)27)9-13-4-2-6-15(8-13)20(21,22)23/h2-8,10,16H,9,11-12H2,1H3,(H,24,25)(H,26,27)/t16-/m0/s1. The van der Waals surface area contributed by atoms with Crippen LogP contribution in [0.3, 0.4) is 0 Å². The van der Waals surface area contributed by atoms with E-state index in [2.05, 4.69) is 5.32 Å². The lowest BCUT2D eigenvalue weighted by atomic mass is 10.0. The first kappa shape index (κ1) is 21.3. The Morgan fingerprint density at radius 2 is 1.79 bits per heavy atom. The van der Waals surface area contributed by atoms with Crippen LogP contribution >= 0.6 is 0 Å². The molecule has 0 aliphatic rings. The molecule has 1 amide bonds. The minimum Gasteiger partial charge on any atom is -0.497 e. The predicted octanol–water partition coefficient (Wildman–Crippen LogP) is 3.46. The molecule has 1 atom stereocenters. The third-order valence-corrected chi connectivity index (χ3v) is 4.02. The minimum absolute atomic E-state index is 0.00406. The van der Waals surface area contributed by atoms with Gasteiger partial charge in [0.2, 0.25) is 5.91 Å². The minimum atomic E-state index is -4.49. The molecule has 5 nitrogen and oxygen atoms in total. The highest BCUT2D eigenvalue weighted by Crippen LogP contribution is 2.29. The lowest BCUT2D eigenvalue weighted by Crippen LogP contribution is -2.39. The van der Waals surface area contributed by atoms with E-state index in [-0.39, 0.29) is 12.8 Å². The summed E-state index contributed by atoms with van der Waals surface area (Å²) in [6.45, 7) is 0. The van der Waals surface area contributed by atoms with E-state index in [4.69, 9.17) is 9.84 Å². The highest BCUT2D eigenvalue weighted by molar-refractivity contribution is 5.79. The molecule has 8 heteroatoms. The highest BCUT2D eigenvalue weighted by Gasteiger charge is 2.30. The van der Waals surface area contributed by atoms with Gasteiger partial charge in [0.25, 0.3) is 0 Å². The van der Waals surface area contributed by atoms with Crippen molar-refractivity contribution in [3.05, 3.63) is 65.2 Å².